The number of carbonyl (C=O) groups excluding carboxylic acids is 1. The highest BCUT2D eigenvalue weighted by molar-refractivity contribution is 9.10. The molecule has 0 saturated carbocycles. The summed E-state index contributed by atoms with van der Waals surface area (Å²) >= 11 is 11.2. The van der Waals surface area contributed by atoms with E-state index in [2.05, 4.69) is 22.0 Å². The Morgan fingerprint density at radius 3 is 2.80 bits per heavy atom. The van der Waals surface area contributed by atoms with E-state index >= 15 is 0 Å². The van der Waals surface area contributed by atoms with Crippen LogP contribution < -0.4 is 0 Å². The third-order valence-electron chi connectivity index (χ3n) is 3.64. The molecule has 0 N–H and O–H groups in total. The third kappa shape index (κ3) is 3.00. The molecule has 0 saturated heterocycles. The van der Waals surface area contributed by atoms with Crippen molar-refractivity contribution in [3.63, 3.8) is 0 Å². The van der Waals surface area contributed by atoms with Gasteiger partial charge in [0.2, 0.25) is 0 Å². The first-order chi connectivity index (χ1) is 9.63. The number of aryl methyl sites for hydroxylation is 2. The van der Waals surface area contributed by atoms with E-state index in [0.717, 1.165) is 27.8 Å². The Hall–Kier alpha value is -0.640. The van der Waals surface area contributed by atoms with Crippen molar-refractivity contribution in [2.24, 2.45) is 0 Å². The lowest BCUT2D eigenvalue weighted by atomic mass is 9.98. The molecule has 0 unspecified atom stereocenters. The molecular weight excluding hydrogens is 356 g/mol. The molecule has 0 atom stereocenters. The molecule has 2 aromatic rings. The van der Waals surface area contributed by atoms with Gasteiger partial charge in [-0.1, -0.05) is 33.6 Å². The van der Waals surface area contributed by atoms with Gasteiger partial charge in [0, 0.05) is 20.8 Å². The van der Waals surface area contributed by atoms with E-state index in [1.54, 1.807) is 11.3 Å². The molecule has 1 aromatic heterocycles. The van der Waals surface area contributed by atoms with Crippen LogP contribution in [0.1, 0.15) is 38.5 Å². The second-order valence-electron chi connectivity index (χ2n) is 5.10. The summed E-state index contributed by atoms with van der Waals surface area (Å²) in [7, 11) is 0. The first-order valence-corrected chi connectivity index (χ1v) is 8.71. The summed E-state index contributed by atoms with van der Waals surface area (Å²) in [5.74, 6) is 0.175. The summed E-state index contributed by atoms with van der Waals surface area (Å²) in [5.41, 5.74) is 2.28. The van der Waals surface area contributed by atoms with Crippen LogP contribution in [0, 0.1) is 0 Å². The molecule has 0 aliphatic heterocycles. The van der Waals surface area contributed by atoms with Gasteiger partial charge >= 0.3 is 0 Å². The number of benzene rings is 1. The predicted molar refractivity (Wildman–Crippen MR) is 88.1 cm³/mol. The molecule has 1 aromatic carbocycles. The topological polar surface area (TPSA) is 17.1 Å². The number of halogens is 2. The van der Waals surface area contributed by atoms with Crippen LogP contribution in [0.2, 0.25) is 5.02 Å². The summed E-state index contributed by atoms with van der Waals surface area (Å²) in [6, 6.07) is 7.77. The monoisotopic (exact) mass is 368 g/mol. The number of hydrogen-bond donors (Lipinski definition) is 0. The van der Waals surface area contributed by atoms with E-state index in [-0.39, 0.29) is 5.78 Å². The Kier molecular flexibility index (Phi) is 4.29. The SMILES string of the molecule is O=C(Cc1ccc(Br)cc1Cl)c1cc2c(s1)CCCC2. The molecule has 0 fully saturated rings. The van der Waals surface area contributed by atoms with Crippen LogP contribution in [0.5, 0.6) is 0 Å². The maximum Gasteiger partial charge on any atom is 0.177 e. The van der Waals surface area contributed by atoms with Gasteiger partial charge in [0.05, 0.1) is 4.88 Å². The van der Waals surface area contributed by atoms with Crippen molar-refractivity contribution in [1.82, 2.24) is 0 Å². The maximum atomic E-state index is 12.4. The molecule has 0 bridgehead atoms. The Morgan fingerprint density at radius 1 is 1.25 bits per heavy atom. The van der Waals surface area contributed by atoms with Crippen molar-refractivity contribution in [3.8, 4) is 0 Å². The molecule has 20 heavy (non-hydrogen) atoms. The zero-order valence-corrected chi connectivity index (χ0v) is 14.1. The fourth-order valence-corrected chi connectivity index (χ4v) is 4.48. The van der Waals surface area contributed by atoms with Crippen molar-refractivity contribution in [2.75, 3.05) is 0 Å². The Morgan fingerprint density at radius 2 is 2.05 bits per heavy atom. The van der Waals surface area contributed by atoms with Gasteiger partial charge in [0.25, 0.3) is 0 Å². The van der Waals surface area contributed by atoms with Crippen LogP contribution in [-0.4, -0.2) is 5.78 Å². The van der Waals surface area contributed by atoms with Gasteiger partial charge in [0.1, 0.15) is 0 Å². The lowest BCUT2D eigenvalue weighted by molar-refractivity contribution is 0.0997. The minimum Gasteiger partial charge on any atom is -0.293 e. The smallest absolute Gasteiger partial charge is 0.177 e. The molecule has 0 radical (unpaired) electrons. The second kappa shape index (κ2) is 6.00. The van der Waals surface area contributed by atoms with E-state index in [1.807, 2.05) is 18.2 Å². The van der Waals surface area contributed by atoms with Gasteiger partial charge in [-0.05, 0) is 55.0 Å². The van der Waals surface area contributed by atoms with Crippen molar-refractivity contribution in [3.05, 3.63) is 54.6 Å². The number of ketones is 1. The normalized spacial score (nSPS) is 14.1. The molecule has 104 valence electrons. The molecule has 1 aliphatic rings. The first kappa shape index (κ1) is 14.3. The molecule has 0 amide bonds. The molecular formula is C16H14BrClOS. The zero-order chi connectivity index (χ0) is 14.1. The zero-order valence-electron chi connectivity index (χ0n) is 10.9. The van der Waals surface area contributed by atoms with Crippen molar-refractivity contribution >= 4 is 44.7 Å². The van der Waals surface area contributed by atoms with Gasteiger partial charge in [-0.2, -0.15) is 0 Å². The van der Waals surface area contributed by atoms with Crippen LogP contribution in [0.25, 0.3) is 0 Å². The quantitative estimate of drug-likeness (QED) is 0.656. The summed E-state index contributed by atoms with van der Waals surface area (Å²) in [5, 5.41) is 0.647. The second-order valence-corrected chi connectivity index (χ2v) is 7.56. The molecule has 4 heteroatoms. The highest BCUT2D eigenvalue weighted by Gasteiger charge is 2.18. The maximum absolute atomic E-state index is 12.4. The van der Waals surface area contributed by atoms with Crippen LogP contribution in [-0.2, 0) is 19.3 Å². The number of fused-ring (bicyclic) bond motifs is 1. The van der Waals surface area contributed by atoms with E-state index in [9.17, 15) is 4.79 Å². The molecule has 1 nitrogen and oxygen atoms in total. The lowest BCUT2D eigenvalue weighted by Crippen LogP contribution is -2.01. The minimum absolute atomic E-state index is 0.175. The average molecular weight is 370 g/mol. The fourth-order valence-electron chi connectivity index (χ4n) is 2.55. The summed E-state index contributed by atoms with van der Waals surface area (Å²) in [4.78, 5) is 14.7. The van der Waals surface area contributed by atoms with Gasteiger partial charge in [-0.3, -0.25) is 4.79 Å². The van der Waals surface area contributed by atoms with Crippen molar-refractivity contribution in [1.29, 1.82) is 0 Å². The van der Waals surface area contributed by atoms with E-state index in [4.69, 9.17) is 11.6 Å². The van der Waals surface area contributed by atoms with Crippen LogP contribution in [0.4, 0.5) is 0 Å². The van der Waals surface area contributed by atoms with Gasteiger partial charge in [-0.25, -0.2) is 0 Å². The summed E-state index contributed by atoms with van der Waals surface area (Å²) in [6.45, 7) is 0. The molecule has 1 heterocycles. The number of Topliss-reactive ketones (excluding diaryl/α,β-unsaturated/α-hetero) is 1. The largest absolute Gasteiger partial charge is 0.293 e. The number of carbonyl (C=O) groups is 1. The number of hydrogen-bond acceptors (Lipinski definition) is 2. The number of rotatable bonds is 3. The Balaban J connectivity index is 1.80. The molecule has 0 spiro atoms. The van der Waals surface area contributed by atoms with E-state index in [0.29, 0.717) is 11.4 Å². The highest BCUT2D eigenvalue weighted by atomic mass is 79.9. The van der Waals surface area contributed by atoms with Gasteiger partial charge in [0.15, 0.2) is 5.78 Å². The fraction of sp³-hybridized carbons (Fsp3) is 0.312. The van der Waals surface area contributed by atoms with E-state index in [1.165, 1.54) is 23.3 Å². The van der Waals surface area contributed by atoms with Crippen LogP contribution in [0.3, 0.4) is 0 Å². The first-order valence-electron chi connectivity index (χ1n) is 6.72. The van der Waals surface area contributed by atoms with Crippen LogP contribution >= 0.6 is 38.9 Å². The van der Waals surface area contributed by atoms with Crippen LogP contribution in [0.15, 0.2) is 28.7 Å². The summed E-state index contributed by atoms with van der Waals surface area (Å²) < 4.78 is 0.935. The lowest BCUT2D eigenvalue weighted by Gasteiger charge is -2.08. The Labute approximate surface area is 136 Å². The van der Waals surface area contributed by atoms with Gasteiger partial charge in [-0.15, -0.1) is 11.3 Å². The highest BCUT2D eigenvalue weighted by Crippen LogP contribution is 2.31. The minimum atomic E-state index is 0.175. The molecule has 1 aliphatic carbocycles. The van der Waals surface area contributed by atoms with E-state index < -0.39 is 0 Å². The van der Waals surface area contributed by atoms with Crippen molar-refractivity contribution in [2.45, 2.75) is 32.1 Å². The van der Waals surface area contributed by atoms with Crippen molar-refractivity contribution < 1.29 is 4.79 Å². The number of thiophene rings is 1. The Bertz CT molecular complexity index is 639. The predicted octanol–water partition coefficient (Wildman–Crippen LogP) is 5.47. The average Bonchev–Trinajstić information content (AvgIpc) is 2.86. The standard InChI is InChI=1S/C16H14BrClOS/c17-12-6-5-10(13(18)9-12)7-14(19)16-8-11-3-1-2-4-15(11)20-16/h5-6,8-9H,1-4,7H2. The van der Waals surface area contributed by atoms with Gasteiger partial charge < -0.3 is 0 Å². The third-order valence-corrected chi connectivity index (χ3v) is 5.76. The molecule has 3 rings (SSSR count). The summed E-state index contributed by atoms with van der Waals surface area (Å²) in [6.07, 6.45) is 5.13.